The number of carbonyl (C=O) groups is 1. The molecule has 2 aromatic rings. The summed E-state index contributed by atoms with van der Waals surface area (Å²) < 4.78 is 39.3. The fourth-order valence-corrected chi connectivity index (χ4v) is 4.05. The SMILES string of the molecule is COc1cc(OC)cc(C(=O)Nc2ccc(S(=O)(=O)/N=C3/CCCN3C)cc2)c1. The fourth-order valence-electron chi connectivity index (χ4n) is 2.95. The van der Waals surface area contributed by atoms with E-state index in [1.807, 2.05) is 11.9 Å². The molecule has 2 aromatic carbocycles. The third-order valence-electron chi connectivity index (χ3n) is 4.58. The minimum absolute atomic E-state index is 0.0753. The van der Waals surface area contributed by atoms with Crippen molar-refractivity contribution in [3.05, 3.63) is 48.0 Å². The van der Waals surface area contributed by atoms with Gasteiger partial charge in [-0.1, -0.05) is 0 Å². The Bertz CT molecular complexity index is 1010. The number of hydrogen-bond acceptors (Lipinski definition) is 5. The number of methoxy groups -OCH3 is 2. The van der Waals surface area contributed by atoms with Crippen LogP contribution in [0.15, 0.2) is 51.8 Å². The molecule has 0 aromatic heterocycles. The molecule has 1 amide bonds. The van der Waals surface area contributed by atoms with Gasteiger partial charge in [-0.25, -0.2) is 0 Å². The Kier molecular flexibility index (Phi) is 6.07. The zero-order valence-corrected chi connectivity index (χ0v) is 17.3. The van der Waals surface area contributed by atoms with Gasteiger partial charge < -0.3 is 19.7 Å². The Balaban J connectivity index is 1.76. The minimum Gasteiger partial charge on any atom is -0.497 e. The smallest absolute Gasteiger partial charge is 0.283 e. The lowest BCUT2D eigenvalue weighted by Crippen LogP contribution is -2.20. The first-order valence-corrected chi connectivity index (χ1v) is 10.5. The van der Waals surface area contributed by atoms with Crippen LogP contribution in [-0.4, -0.2) is 52.9 Å². The molecule has 3 rings (SSSR count). The van der Waals surface area contributed by atoms with Crippen molar-refractivity contribution in [2.45, 2.75) is 17.7 Å². The molecule has 9 heteroatoms. The van der Waals surface area contributed by atoms with Crippen LogP contribution in [0.1, 0.15) is 23.2 Å². The van der Waals surface area contributed by atoms with E-state index in [1.165, 1.54) is 38.5 Å². The van der Waals surface area contributed by atoms with Gasteiger partial charge >= 0.3 is 0 Å². The maximum atomic E-state index is 12.5. The van der Waals surface area contributed by atoms with Crippen molar-refractivity contribution in [2.24, 2.45) is 4.40 Å². The van der Waals surface area contributed by atoms with E-state index < -0.39 is 10.0 Å². The van der Waals surface area contributed by atoms with Crippen molar-refractivity contribution in [3.8, 4) is 11.5 Å². The highest BCUT2D eigenvalue weighted by Gasteiger charge is 2.20. The van der Waals surface area contributed by atoms with Crippen LogP contribution >= 0.6 is 0 Å². The molecule has 1 aliphatic heterocycles. The van der Waals surface area contributed by atoms with Crippen molar-refractivity contribution in [1.82, 2.24) is 4.90 Å². The van der Waals surface area contributed by atoms with Crippen LogP contribution in [0.2, 0.25) is 0 Å². The molecule has 1 aliphatic rings. The summed E-state index contributed by atoms with van der Waals surface area (Å²) in [7, 11) is 1.04. The van der Waals surface area contributed by atoms with E-state index in [4.69, 9.17) is 9.47 Å². The topological polar surface area (TPSA) is 97.3 Å². The minimum atomic E-state index is -3.79. The third kappa shape index (κ3) is 4.86. The maximum absolute atomic E-state index is 12.5. The third-order valence-corrected chi connectivity index (χ3v) is 5.90. The number of benzene rings is 2. The first kappa shape index (κ1) is 20.7. The molecular formula is C20H23N3O5S. The molecule has 8 nitrogen and oxygen atoms in total. The summed E-state index contributed by atoms with van der Waals surface area (Å²) in [6, 6.07) is 10.8. The Morgan fingerprint density at radius 1 is 1.07 bits per heavy atom. The van der Waals surface area contributed by atoms with Gasteiger partial charge in [-0.15, -0.1) is 4.40 Å². The van der Waals surface area contributed by atoms with E-state index in [9.17, 15) is 13.2 Å². The van der Waals surface area contributed by atoms with Gasteiger partial charge in [0.05, 0.1) is 19.1 Å². The van der Waals surface area contributed by atoms with Crippen LogP contribution in [0.5, 0.6) is 11.5 Å². The Hall–Kier alpha value is -3.07. The summed E-state index contributed by atoms with van der Waals surface area (Å²) in [5.74, 6) is 1.18. The number of likely N-dealkylation sites (tertiary alicyclic amines) is 1. The van der Waals surface area contributed by atoms with Gasteiger partial charge in [-0.05, 0) is 42.8 Å². The van der Waals surface area contributed by atoms with Crippen molar-refractivity contribution in [1.29, 1.82) is 0 Å². The molecule has 0 aliphatic carbocycles. The Labute approximate surface area is 170 Å². The number of ether oxygens (including phenoxy) is 2. The largest absolute Gasteiger partial charge is 0.497 e. The Morgan fingerprint density at radius 3 is 2.21 bits per heavy atom. The number of sulfonamides is 1. The summed E-state index contributed by atoms with van der Waals surface area (Å²) >= 11 is 0. The van der Waals surface area contributed by atoms with Gasteiger partial charge in [-0.2, -0.15) is 8.42 Å². The molecule has 0 saturated carbocycles. The number of amides is 1. The normalized spacial score (nSPS) is 15.4. The number of hydrogen-bond donors (Lipinski definition) is 1. The van der Waals surface area contributed by atoms with Crippen LogP contribution in [0.4, 0.5) is 5.69 Å². The molecular weight excluding hydrogens is 394 g/mol. The molecule has 1 heterocycles. The highest BCUT2D eigenvalue weighted by atomic mass is 32.2. The number of anilines is 1. The molecule has 1 fully saturated rings. The lowest BCUT2D eigenvalue weighted by molar-refractivity contribution is 0.102. The van der Waals surface area contributed by atoms with E-state index in [0.29, 0.717) is 35.0 Å². The standard InChI is InChI=1S/C20H23N3O5S/c1-23-10-4-5-19(23)22-29(25,26)18-8-6-15(7-9-18)21-20(24)14-11-16(27-2)13-17(12-14)28-3/h6-9,11-13H,4-5,10H2,1-3H3,(H,21,24)/b22-19-. The fraction of sp³-hybridized carbons (Fsp3) is 0.300. The van der Waals surface area contributed by atoms with Gasteiger partial charge in [0.25, 0.3) is 15.9 Å². The number of nitrogens with one attached hydrogen (secondary N) is 1. The second-order valence-corrected chi connectivity index (χ2v) is 8.19. The molecule has 0 bridgehead atoms. The van der Waals surface area contributed by atoms with E-state index >= 15 is 0 Å². The molecule has 154 valence electrons. The second kappa shape index (κ2) is 8.52. The quantitative estimate of drug-likeness (QED) is 0.776. The van der Waals surface area contributed by atoms with Gasteiger partial charge in [0.15, 0.2) is 0 Å². The average Bonchev–Trinajstić information content (AvgIpc) is 3.11. The number of rotatable bonds is 6. The van der Waals surface area contributed by atoms with Gasteiger partial charge in [0.1, 0.15) is 17.3 Å². The van der Waals surface area contributed by atoms with Crippen LogP contribution in [0, 0.1) is 0 Å². The van der Waals surface area contributed by atoms with Gasteiger partial charge in [0.2, 0.25) is 0 Å². The molecule has 1 saturated heterocycles. The van der Waals surface area contributed by atoms with Crippen molar-refractivity contribution >= 4 is 27.5 Å². The lowest BCUT2D eigenvalue weighted by Gasteiger charge is -2.11. The number of carbonyl (C=O) groups excluding carboxylic acids is 1. The van der Waals surface area contributed by atoms with E-state index in [2.05, 4.69) is 9.71 Å². The summed E-state index contributed by atoms with van der Waals surface area (Å²) in [5.41, 5.74) is 0.815. The van der Waals surface area contributed by atoms with Crippen molar-refractivity contribution in [2.75, 3.05) is 33.1 Å². The van der Waals surface area contributed by atoms with Crippen molar-refractivity contribution in [3.63, 3.8) is 0 Å². The monoisotopic (exact) mass is 417 g/mol. The molecule has 0 atom stereocenters. The second-order valence-electron chi connectivity index (χ2n) is 6.59. The first-order chi connectivity index (χ1) is 13.8. The van der Waals surface area contributed by atoms with Gasteiger partial charge in [-0.3, -0.25) is 4.79 Å². The molecule has 29 heavy (non-hydrogen) atoms. The molecule has 0 spiro atoms. The maximum Gasteiger partial charge on any atom is 0.283 e. The summed E-state index contributed by atoms with van der Waals surface area (Å²) in [4.78, 5) is 14.4. The zero-order chi connectivity index (χ0) is 21.0. The average molecular weight is 417 g/mol. The number of amidine groups is 1. The van der Waals surface area contributed by atoms with E-state index in [-0.39, 0.29) is 10.8 Å². The molecule has 0 radical (unpaired) electrons. The van der Waals surface area contributed by atoms with E-state index in [0.717, 1.165) is 13.0 Å². The van der Waals surface area contributed by atoms with Crippen LogP contribution in [0.3, 0.4) is 0 Å². The lowest BCUT2D eigenvalue weighted by atomic mass is 10.2. The summed E-state index contributed by atoms with van der Waals surface area (Å²) in [6.07, 6.45) is 1.54. The highest BCUT2D eigenvalue weighted by Crippen LogP contribution is 2.24. The van der Waals surface area contributed by atoms with Crippen LogP contribution in [-0.2, 0) is 10.0 Å². The van der Waals surface area contributed by atoms with Crippen molar-refractivity contribution < 1.29 is 22.7 Å². The molecule has 0 unspecified atom stereocenters. The predicted molar refractivity (Wildman–Crippen MR) is 110 cm³/mol. The van der Waals surface area contributed by atoms with Crippen LogP contribution in [0.25, 0.3) is 0 Å². The van der Waals surface area contributed by atoms with Crippen LogP contribution < -0.4 is 14.8 Å². The summed E-state index contributed by atoms with van der Waals surface area (Å²) in [5, 5.41) is 2.73. The van der Waals surface area contributed by atoms with Gasteiger partial charge in [0, 0.05) is 37.3 Å². The first-order valence-electron chi connectivity index (χ1n) is 9.02. The zero-order valence-electron chi connectivity index (χ0n) is 16.5. The Morgan fingerprint density at radius 2 is 1.69 bits per heavy atom. The van der Waals surface area contributed by atoms with E-state index in [1.54, 1.807) is 18.2 Å². The number of nitrogens with zero attached hydrogens (tertiary/aromatic N) is 2. The molecule has 1 N–H and O–H groups in total. The predicted octanol–water partition coefficient (Wildman–Crippen LogP) is 2.77. The summed E-state index contributed by atoms with van der Waals surface area (Å²) in [6.45, 7) is 0.800. The highest BCUT2D eigenvalue weighted by molar-refractivity contribution is 7.90.